The Morgan fingerprint density at radius 2 is 1.84 bits per heavy atom. The minimum atomic E-state index is -1.63. The van der Waals surface area contributed by atoms with Gasteiger partial charge in [-0.2, -0.15) is 0 Å². The molecule has 0 saturated carbocycles. The topological polar surface area (TPSA) is 83.7 Å². The Hall–Kier alpha value is -2.33. The van der Waals surface area contributed by atoms with Gasteiger partial charge in [0.15, 0.2) is 5.03 Å². The second-order valence-electron chi connectivity index (χ2n) is 4.88. The largest absolute Gasteiger partial charge is 0.470 e. The van der Waals surface area contributed by atoms with E-state index in [4.69, 9.17) is 5.11 Å². The first-order valence-corrected chi connectivity index (χ1v) is 9.01. The highest BCUT2D eigenvalue weighted by atomic mass is 28.3. The molecule has 7 heteroatoms. The number of hydrazine groups is 1. The number of rotatable bonds is 2. The summed E-state index contributed by atoms with van der Waals surface area (Å²) in [5, 5.41) is 18.4. The SMILES string of the molecule is C[Si](C)(C)C#Cc1ccc(N(C(=O)O)[N+](=O)[O-])cc1. The number of nitro groups is 1. The van der Waals surface area contributed by atoms with Gasteiger partial charge in [0.1, 0.15) is 13.8 Å². The van der Waals surface area contributed by atoms with Crippen molar-refractivity contribution < 1.29 is 14.9 Å². The predicted octanol–water partition coefficient (Wildman–Crippen LogP) is 2.59. The van der Waals surface area contributed by atoms with E-state index >= 15 is 0 Å². The molecule has 0 heterocycles. The summed E-state index contributed by atoms with van der Waals surface area (Å²) in [6.07, 6.45) is -1.63. The van der Waals surface area contributed by atoms with Crippen LogP contribution in [0, 0.1) is 21.6 Å². The summed E-state index contributed by atoms with van der Waals surface area (Å²) in [6.45, 7) is 6.31. The molecule has 0 aromatic heterocycles. The lowest BCUT2D eigenvalue weighted by Gasteiger charge is -2.08. The van der Waals surface area contributed by atoms with E-state index < -0.39 is 19.2 Å². The number of amides is 1. The zero-order valence-electron chi connectivity index (χ0n) is 10.9. The number of hydrogen-bond donors (Lipinski definition) is 1. The molecule has 0 spiro atoms. The first-order chi connectivity index (χ1) is 8.70. The van der Waals surface area contributed by atoms with E-state index in [1.165, 1.54) is 12.1 Å². The lowest BCUT2D eigenvalue weighted by Crippen LogP contribution is -2.34. The van der Waals surface area contributed by atoms with Crippen molar-refractivity contribution in [3.05, 3.63) is 39.9 Å². The standard InChI is InChI=1S/C12H14N2O4Si/c1-19(2,3)9-8-10-4-6-11(7-5-10)13(12(15)16)14(17)18/h4-7H,1-3H3,(H,15,16). The Labute approximate surface area is 111 Å². The summed E-state index contributed by atoms with van der Waals surface area (Å²) < 4.78 is 0. The van der Waals surface area contributed by atoms with Gasteiger partial charge in [-0.1, -0.05) is 25.6 Å². The molecule has 0 unspecified atom stereocenters. The summed E-state index contributed by atoms with van der Waals surface area (Å²) in [4.78, 5) is 21.4. The Morgan fingerprint density at radius 3 is 2.21 bits per heavy atom. The summed E-state index contributed by atoms with van der Waals surface area (Å²) in [5.41, 5.74) is 3.85. The van der Waals surface area contributed by atoms with Crippen LogP contribution >= 0.6 is 0 Å². The van der Waals surface area contributed by atoms with Gasteiger partial charge in [0.25, 0.3) is 0 Å². The monoisotopic (exact) mass is 278 g/mol. The number of carbonyl (C=O) groups is 1. The highest BCUT2D eigenvalue weighted by Gasteiger charge is 2.25. The van der Waals surface area contributed by atoms with E-state index in [0.29, 0.717) is 5.56 Å². The molecule has 0 saturated heterocycles. The zero-order valence-corrected chi connectivity index (χ0v) is 11.9. The van der Waals surface area contributed by atoms with E-state index in [9.17, 15) is 14.9 Å². The first kappa shape index (κ1) is 14.7. The third-order valence-electron chi connectivity index (χ3n) is 2.04. The highest BCUT2D eigenvalue weighted by molar-refractivity contribution is 6.83. The van der Waals surface area contributed by atoms with Crippen LogP contribution in [0.25, 0.3) is 0 Å². The number of benzene rings is 1. The Bertz CT molecular complexity index is 538. The van der Waals surface area contributed by atoms with Gasteiger partial charge in [0.05, 0.1) is 0 Å². The molecule has 1 aromatic rings. The number of anilines is 1. The Kier molecular flexibility index (Phi) is 4.29. The molecule has 0 fully saturated rings. The van der Waals surface area contributed by atoms with E-state index in [1.54, 1.807) is 12.1 Å². The molecule has 0 atom stereocenters. The van der Waals surface area contributed by atoms with Crippen molar-refractivity contribution in [3.63, 3.8) is 0 Å². The van der Waals surface area contributed by atoms with Gasteiger partial charge in [-0.15, -0.1) is 5.54 Å². The summed E-state index contributed by atoms with van der Waals surface area (Å²) >= 11 is 0. The molecule has 0 aliphatic heterocycles. The molecule has 0 aliphatic rings. The van der Waals surface area contributed by atoms with Gasteiger partial charge < -0.3 is 5.11 Å². The van der Waals surface area contributed by atoms with Crippen LogP contribution in [0.3, 0.4) is 0 Å². The van der Waals surface area contributed by atoms with Gasteiger partial charge >= 0.3 is 6.09 Å². The lowest BCUT2D eigenvalue weighted by atomic mass is 10.2. The van der Waals surface area contributed by atoms with E-state index in [1.807, 2.05) is 0 Å². The van der Waals surface area contributed by atoms with Crippen LogP contribution in [0.5, 0.6) is 0 Å². The van der Waals surface area contributed by atoms with Crippen molar-refractivity contribution in [1.29, 1.82) is 0 Å². The van der Waals surface area contributed by atoms with Gasteiger partial charge in [-0.3, -0.25) is 0 Å². The first-order valence-electron chi connectivity index (χ1n) is 5.51. The van der Waals surface area contributed by atoms with Crippen LogP contribution in [0.1, 0.15) is 5.56 Å². The lowest BCUT2D eigenvalue weighted by molar-refractivity contribution is -0.483. The highest BCUT2D eigenvalue weighted by Crippen LogP contribution is 2.15. The van der Waals surface area contributed by atoms with Gasteiger partial charge in [-0.05, 0) is 24.3 Å². The average molecular weight is 278 g/mol. The maximum Gasteiger partial charge on any atom is 0.470 e. The second-order valence-corrected chi connectivity index (χ2v) is 9.63. The van der Waals surface area contributed by atoms with Crippen molar-refractivity contribution in [2.24, 2.45) is 0 Å². The van der Waals surface area contributed by atoms with Crippen LogP contribution in [0.2, 0.25) is 19.6 Å². The molecule has 19 heavy (non-hydrogen) atoms. The van der Waals surface area contributed by atoms with Crippen LogP contribution in [-0.4, -0.2) is 24.3 Å². The second kappa shape index (κ2) is 5.54. The molecule has 100 valence electrons. The van der Waals surface area contributed by atoms with Crippen molar-refractivity contribution in [3.8, 4) is 11.5 Å². The van der Waals surface area contributed by atoms with Crippen molar-refractivity contribution >= 4 is 19.9 Å². The average Bonchev–Trinajstić information content (AvgIpc) is 2.26. The van der Waals surface area contributed by atoms with Crippen LogP contribution in [0.15, 0.2) is 24.3 Å². The predicted molar refractivity (Wildman–Crippen MR) is 74.2 cm³/mol. The summed E-state index contributed by atoms with van der Waals surface area (Å²) in [7, 11) is -1.49. The van der Waals surface area contributed by atoms with Crippen molar-refractivity contribution in [2.75, 3.05) is 5.01 Å². The quantitative estimate of drug-likeness (QED) is 0.390. The minimum Gasteiger partial charge on any atom is -0.461 e. The smallest absolute Gasteiger partial charge is 0.461 e. The maximum absolute atomic E-state index is 10.7. The number of hydrogen-bond acceptors (Lipinski definition) is 3. The Balaban J connectivity index is 3.01. The van der Waals surface area contributed by atoms with E-state index in [2.05, 4.69) is 31.1 Å². The molecule has 1 N–H and O–H groups in total. The summed E-state index contributed by atoms with van der Waals surface area (Å²) in [5.74, 6) is 2.99. The van der Waals surface area contributed by atoms with Crippen molar-refractivity contribution in [2.45, 2.75) is 19.6 Å². The maximum atomic E-state index is 10.7. The van der Waals surface area contributed by atoms with Gasteiger partial charge in [0.2, 0.25) is 0 Å². The molecule has 1 aromatic carbocycles. The molecular weight excluding hydrogens is 264 g/mol. The van der Waals surface area contributed by atoms with Crippen LogP contribution in [-0.2, 0) is 0 Å². The molecule has 6 nitrogen and oxygen atoms in total. The van der Waals surface area contributed by atoms with Crippen LogP contribution < -0.4 is 5.01 Å². The fraction of sp³-hybridized carbons (Fsp3) is 0.250. The summed E-state index contributed by atoms with van der Waals surface area (Å²) in [6, 6.07) is 5.88. The molecule has 1 rings (SSSR count). The molecule has 0 aliphatic carbocycles. The normalized spacial score (nSPS) is 10.3. The zero-order chi connectivity index (χ0) is 14.6. The van der Waals surface area contributed by atoms with E-state index in [0.717, 1.165) is 0 Å². The van der Waals surface area contributed by atoms with E-state index in [-0.39, 0.29) is 10.7 Å². The van der Waals surface area contributed by atoms with Gasteiger partial charge in [0, 0.05) is 10.6 Å². The molecule has 0 bridgehead atoms. The van der Waals surface area contributed by atoms with Crippen molar-refractivity contribution in [1.82, 2.24) is 0 Å². The molecule has 1 amide bonds. The fourth-order valence-electron chi connectivity index (χ4n) is 1.22. The van der Waals surface area contributed by atoms with Gasteiger partial charge in [-0.25, -0.2) is 14.9 Å². The fourth-order valence-corrected chi connectivity index (χ4v) is 1.74. The number of nitrogens with zero attached hydrogens (tertiary/aromatic N) is 2. The third kappa shape index (κ3) is 4.44. The third-order valence-corrected chi connectivity index (χ3v) is 2.91. The minimum absolute atomic E-state index is 0.0175. The van der Waals surface area contributed by atoms with Crippen LogP contribution in [0.4, 0.5) is 10.5 Å². The Morgan fingerprint density at radius 1 is 1.32 bits per heavy atom. The molecular formula is C12H14N2O4Si. The number of carboxylic acid groups (broad SMARTS) is 1. The molecule has 0 radical (unpaired) electrons.